The van der Waals surface area contributed by atoms with Gasteiger partial charge >= 0.3 is 0 Å². The number of benzene rings is 2. The molecule has 0 saturated carbocycles. The number of hydrogen-bond donors (Lipinski definition) is 0. The Labute approximate surface area is 121 Å². The van der Waals surface area contributed by atoms with E-state index in [0.717, 1.165) is 10.7 Å². The minimum atomic E-state index is 0.917. The number of fused-ring (bicyclic) bond motifs is 3. The van der Waals surface area contributed by atoms with Gasteiger partial charge < -0.3 is 0 Å². The second kappa shape index (κ2) is 4.71. The minimum absolute atomic E-state index is 0.917. The van der Waals surface area contributed by atoms with Crippen LogP contribution in [0, 0.1) is 0 Å². The number of hydrogen-bond acceptors (Lipinski definition) is 1. The molecule has 0 fully saturated rings. The lowest BCUT2D eigenvalue weighted by Gasteiger charge is -1.97. The molecule has 0 atom stereocenters. The fourth-order valence-electron chi connectivity index (χ4n) is 2.15. The van der Waals surface area contributed by atoms with Gasteiger partial charge in [0.1, 0.15) is 0 Å². The van der Waals surface area contributed by atoms with E-state index in [9.17, 15) is 0 Å². The van der Waals surface area contributed by atoms with E-state index in [1.807, 2.05) is 11.3 Å². The average molecular weight is 370 g/mol. The molecule has 2 aromatic carbocycles. The lowest BCUT2D eigenvalue weighted by atomic mass is 10.1. The standard InChI is InChI=1S/C14H10Br2S/c15-7-9-3-1-5-11-12-6-2-4-10(8-16)14(12)17-13(9)11/h1-6H,7-8H2. The summed E-state index contributed by atoms with van der Waals surface area (Å²) in [5.74, 6) is 0. The third kappa shape index (κ3) is 1.85. The first-order valence-corrected chi connectivity index (χ1v) is 8.45. The number of alkyl halides is 2. The van der Waals surface area contributed by atoms with Gasteiger partial charge in [0.2, 0.25) is 0 Å². The van der Waals surface area contributed by atoms with Crippen LogP contribution < -0.4 is 0 Å². The van der Waals surface area contributed by atoms with Crippen LogP contribution in [-0.4, -0.2) is 0 Å². The molecular formula is C14H10Br2S. The van der Waals surface area contributed by atoms with Crippen molar-refractivity contribution in [2.75, 3.05) is 0 Å². The molecule has 1 aromatic heterocycles. The van der Waals surface area contributed by atoms with Crippen molar-refractivity contribution < 1.29 is 0 Å². The molecule has 0 amide bonds. The SMILES string of the molecule is BrCc1cccc2c1sc1c(CBr)cccc12. The van der Waals surface area contributed by atoms with E-state index in [0.29, 0.717) is 0 Å². The van der Waals surface area contributed by atoms with Crippen LogP contribution >= 0.6 is 43.2 Å². The third-order valence-electron chi connectivity index (χ3n) is 2.98. The highest BCUT2D eigenvalue weighted by atomic mass is 79.9. The molecule has 0 aliphatic rings. The van der Waals surface area contributed by atoms with E-state index in [1.54, 1.807) is 0 Å². The summed E-state index contributed by atoms with van der Waals surface area (Å²) in [7, 11) is 0. The zero-order chi connectivity index (χ0) is 11.8. The van der Waals surface area contributed by atoms with Gasteiger partial charge in [0, 0.05) is 30.8 Å². The smallest absolute Gasteiger partial charge is 0.0396 e. The molecule has 0 nitrogen and oxygen atoms in total. The summed E-state index contributed by atoms with van der Waals surface area (Å²) in [6, 6.07) is 13.1. The van der Waals surface area contributed by atoms with Gasteiger partial charge in [-0.25, -0.2) is 0 Å². The molecule has 3 heteroatoms. The van der Waals surface area contributed by atoms with E-state index in [1.165, 1.54) is 31.3 Å². The van der Waals surface area contributed by atoms with Crippen LogP contribution in [0.15, 0.2) is 36.4 Å². The first kappa shape index (κ1) is 11.7. The van der Waals surface area contributed by atoms with Crippen LogP contribution in [0.2, 0.25) is 0 Å². The van der Waals surface area contributed by atoms with Crippen molar-refractivity contribution in [1.29, 1.82) is 0 Å². The number of thiophene rings is 1. The molecule has 0 saturated heterocycles. The molecule has 3 rings (SSSR count). The van der Waals surface area contributed by atoms with Gasteiger partial charge in [-0.1, -0.05) is 68.3 Å². The third-order valence-corrected chi connectivity index (χ3v) is 5.56. The normalized spacial score (nSPS) is 11.4. The van der Waals surface area contributed by atoms with Crippen LogP contribution in [0.5, 0.6) is 0 Å². The van der Waals surface area contributed by atoms with Gasteiger partial charge in [0.05, 0.1) is 0 Å². The van der Waals surface area contributed by atoms with E-state index in [4.69, 9.17) is 0 Å². The van der Waals surface area contributed by atoms with Crippen molar-refractivity contribution in [1.82, 2.24) is 0 Å². The molecule has 0 spiro atoms. The highest BCUT2D eigenvalue weighted by Gasteiger charge is 2.10. The minimum Gasteiger partial charge on any atom is -0.135 e. The summed E-state index contributed by atoms with van der Waals surface area (Å²) in [5, 5.41) is 4.59. The van der Waals surface area contributed by atoms with Gasteiger partial charge in [-0.05, 0) is 11.1 Å². The van der Waals surface area contributed by atoms with Crippen molar-refractivity contribution in [2.24, 2.45) is 0 Å². The molecule has 0 unspecified atom stereocenters. The Morgan fingerprint density at radius 3 is 1.65 bits per heavy atom. The van der Waals surface area contributed by atoms with E-state index < -0.39 is 0 Å². The summed E-state index contributed by atoms with van der Waals surface area (Å²) in [6.07, 6.45) is 0. The van der Waals surface area contributed by atoms with Crippen LogP contribution in [-0.2, 0) is 10.7 Å². The van der Waals surface area contributed by atoms with Crippen molar-refractivity contribution in [2.45, 2.75) is 10.7 Å². The second-order valence-electron chi connectivity index (χ2n) is 3.96. The Morgan fingerprint density at radius 2 is 1.24 bits per heavy atom. The topological polar surface area (TPSA) is 0 Å². The van der Waals surface area contributed by atoms with Gasteiger partial charge in [-0.15, -0.1) is 11.3 Å². The average Bonchev–Trinajstić information content (AvgIpc) is 2.77. The van der Waals surface area contributed by atoms with E-state index in [-0.39, 0.29) is 0 Å². The predicted molar refractivity (Wildman–Crippen MR) is 84.6 cm³/mol. The summed E-state index contributed by atoms with van der Waals surface area (Å²) < 4.78 is 2.82. The molecule has 0 aliphatic heterocycles. The molecule has 17 heavy (non-hydrogen) atoms. The van der Waals surface area contributed by atoms with E-state index >= 15 is 0 Å². The van der Waals surface area contributed by atoms with Crippen molar-refractivity contribution >= 4 is 63.4 Å². The van der Waals surface area contributed by atoms with Crippen molar-refractivity contribution in [3.05, 3.63) is 47.5 Å². The van der Waals surface area contributed by atoms with Crippen molar-refractivity contribution in [3.8, 4) is 0 Å². The molecule has 86 valence electrons. The van der Waals surface area contributed by atoms with Gasteiger partial charge in [0.15, 0.2) is 0 Å². The van der Waals surface area contributed by atoms with E-state index in [2.05, 4.69) is 68.3 Å². The summed E-state index contributed by atoms with van der Waals surface area (Å²) in [6.45, 7) is 0. The fourth-order valence-corrected chi connectivity index (χ4v) is 4.78. The molecule has 0 radical (unpaired) electrons. The van der Waals surface area contributed by atoms with Crippen LogP contribution in [0.1, 0.15) is 11.1 Å². The maximum atomic E-state index is 3.57. The quantitative estimate of drug-likeness (QED) is 0.497. The van der Waals surface area contributed by atoms with Gasteiger partial charge in [-0.2, -0.15) is 0 Å². The maximum absolute atomic E-state index is 3.57. The van der Waals surface area contributed by atoms with Gasteiger partial charge in [0.25, 0.3) is 0 Å². The Bertz CT molecular complexity index is 627. The Kier molecular flexibility index (Phi) is 3.24. The maximum Gasteiger partial charge on any atom is 0.0396 e. The largest absolute Gasteiger partial charge is 0.135 e. The second-order valence-corrected chi connectivity index (χ2v) is 6.10. The van der Waals surface area contributed by atoms with Crippen LogP contribution in [0.3, 0.4) is 0 Å². The highest BCUT2D eigenvalue weighted by Crippen LogP contribution is 2.38. The highest BCUT2D eigenvalue weighted by molar-refractivity contribution is 9.08. The molecular weight excluding hydrogens is 360 g/mol. The number of rotatable bonds is 2. The monoisotopic (exact) mass is 368 g/mol. The van der Waals surface area contributed by atoms with Crippen LogP contribution in [0.4, 0.5) is 0 Å². The zero-order valence-electron chi connectivity index (χ0n) is 9.04. The lowest BCUT2D eigenvalue weighted by molar-refractivity contribution is 1.51. The number of halogens is 2. The first-order chi connectivity index (χ1) is 8.35. The molecule has 0 bridgehead atoms. The van der Waals surface area contributed by atoms with Gasteiger partial charge in [-0.3, -0.25) is 0 Å². The van der Waals surface area contributed by atoms with Crippen molar-refractivity contribution in [3.63, 3.8) is 0 Å². The molecule has 0 N–H and O–H groups in total. The molecule has 1 heterocycles. The molecule has 0 aliphatic carbocycles. The Morgan fingerprint density at radius 1 is 0.765 bits per heavy atom. The summed E-state index contributed by atoms with van der Waals surface area (Å²) in [5.41, 5.74) is 2.76. The Balaban J connectivity index is 2.49. The summed E-state index contributed by atoms with van der Waals surface area (Å²) in [4.78, 5) is 0. The van der Waals surface area contributed by atoms with Crippen LogP contribution in [0.25, 0.3) is 20.2 Å². The first-order valence-electron chi connectivity index (χ1n) is 5.39. The zero-order valence-corrected chi connectivity index (χ0v) is 13.0. The Hall–Kier alpha value is -0.380. The molecule has 3 aromatic rings. The lowest BCUT2D eigenvalue weighted by Crippen LogP contribution is -1.76. The predicted octanol–water partition coefficient (Wildman–Crippen LogP) is 5.84. The summed E-state index contributed by atoms with van der Waals surface area (Å²) >= 11 is 9.04. The fraction of sp³-hybridized carbons (Fsp3) is 0.143.